The summed E-state index contributed by atoms with van der Waals surface area (Å²) in [6.07, 6.45) is 3.61. The molecule has 162 valence electrons. The molecule has 1 amide bonds. The summed E-state index contributed by atoms with van der Waals surface area (Å²) in [4.78, 5) is 16.7. The van der Waals surface area contributed by atoms with E-state index in [-0.39, 0.29) is 11.7 Å². The summed E-state index contributed by atoms with van der Waals surface area (Å²) in [5.41, 5.74) is 2.86. The molecule has 1 heterocycles. The van der Waals surface area contributed by atoms with Crippen LogP contribution in [-0.4, -0.2) is 39.2 Å². The zero-order chi connectivity index (χ0) is 22.3. The zero-order valence-corrected chi connectivity index (χ0v) is 18.3. The molecule has 31 heavy (non-hydrogen) atoms. The lowest BCUT2D eigenvalue weighted by Crippen LogP contribution is -2.12. The van der Waals surface area contributed by atoms with Crippen molar-refractivity contribution in [1.82, 2.24) is 4.98 Å². The van der Waals surface area contributed by atoms with Gasteiger partial charge in [-0.05, 0) is 53.9 Å². The number of nitrogens with one attached hydrogen (secondary N) is 2. The number of carbonyl (C=O) groups is 1. The van der Waals surface area contributed by atoms with Crippen molar-refractivity contribution in [2.75, 3.05) is 30.5 Å². The summed E-state index contributed by atoms with van der Waals surface area (Å²) in [6, 6.07) is 18.0. The number of amides is 1. The molecule has 0 fully saturated rings. The lowest BCUT2D eigenvalue weighted by molar-refractivity contribution is 0.102. The molecule has 3 rings (SSSR count). The van der Waals surface area contributed by atoms with Crippen molar-refractivity contribution in [3.05, 3.63) is 83.6 Å². The average molecular weight is 440 g/mol. The lowest BCUT2D eigenvalue weighted by Gasteiger charge is -2.09. The van der Waals surface area contributed by atoms with Crippen LogP contribution in [-0.2, 0) is 22.0 Å². The summed E-state index contributed by atoms with van der Waals surface area (Å²) in [7, 11) is -1.46. The minimum Gasteiger partial charge on any atom is -0.497 e. The molecule has 2 aromatic carbocycles. The number of aromatic nitrogens is 1. The number of benzene rings is 2. The first-order valence-electron chi connectivity index (χ1n) is 9.73. The molecule has 0 aliphatic heterocycles. The van der Waals surface area contributed by atoms with Crippen molar-refractivity contribution < 1.29 is 17.9 Å². The lowest BCUT2D eigenvalue weighted by atomic mass is 10.1. The van der Waals surface area contributed by atoms with Crippen LogP contribution in [0.25, 0.3) is 0 Å². The van der Waals surface area contributed by atoms with Crippen molar-refractivity contribution in [2.24, 2.45) is 0 Å². The molecule has 7 nitrogen and oxygen atoms in total. The fourth-order valence-electron chi connectivity index (χ4n) is 2.96. The Kier molecular flexibility index (Phi) is 7.25. The molecule has 0 aliphatic rings. The highest BCUT2D eigenvalue weighted by atomic mass is 32.2. The van der Waals surface area contributed by atoms with Gasteiger partial charge < -0.3 is 15.4 Å². The number of hydrogen-bond donors (Lipinski definition) is 2. The topological polar surface area (TPSA) is 97.4 Å². The minimum absolute atomic E-state index is 0.0499. The average Bonchev–Trinajstić information content (AvgIpc) is 2.75. The number of methoxy groups -OCH3 is 1. The Bertz CT molecular complexity index is 1110. The van der Waals surface area contributed by atoms with E-state index in [0.717, 1.165) is 24.5 Å². The van der Waals surface area contributed by atoms with E-state index in [4.69, 9.17) is 4.74 Å². The third kappa shape index (κ3) is 7.11. The SMILES string of the molecule is COc1ccc(CCNc2ccc(NC(=O)c3ccc(CS(C)(=O)=O)cc3)cn2)cc1. The summed E-state index contributed by atoms with van der Waals surface area (Å²) in [5.74, 6) is 1.22. The third-order valence-electron chi connectivity index (χ3n) is 4.55. The number of sulfone groups is 1. The van der Waals surface area contributed by atoms with Crippen molar-refractivity contribution in [1.29, 1.82) is 0 Å². The maximum atomic E-state index is 12.4. The standard InChI is InChI=1S/C23H25N3O4S/c1-30-21-10-5-17(6-11-21)13-14-24-22-12-9-20(15-25-22)26-23(27)19-7-3-18(4-8-19)16-31(2,28)29/h3-12,15H,13-14,16H2,1-2H3,(H,24,25)(H,26,27). The first-order chi connectivity index (χ1) is 14.8. The molecular formula is C23H25N3O4S. The molecule has 8 heteroatoms. The molecule has 0 saturated carbocycles. The molecular weight excluding hydrogens is 414 g/mol. The molecule has 0 radical (unpaired) electrons. The Morgan fingerprint density at radius 1 is 0.968 bits per heavy atom. The second kappa shape index (κ2) is 10.1. The van der Waals surface area contributed by atoms with Crippen molar-refractivity contribution in [3.8, 4) is 5.75 Å². The van der Waals surface area contributed by atoms with Gasteiger partial charge in [-0.1, -0.05) is 24.3 Å². The Morgan fingerprint density at radius 3 is 2.23 bits per heavy atom. The molecule has 0 bridgehead atoms. The predicted octanol–water partition coefficient (Wildman–Crippen LogP) is 3.54. The fraction of sp³-hybridized carbons (Fsp3) is 0.217. The second-order valence-corrected chi connectivity index (χ2v) is 9.32. The van der Waals surface area contributed by atoms with Crippen LogP contribution in [0.15, 0.2) is 66.9 Å². The van der Waals surface area contributed by atoms with E-state index in [9.17, 15) is 13.2 Å². The molecule has 3 aromatic rings. The van der Waals surface area contributed by atoms with Gasteiger partial charge in [0, 0.05) is 18.4 Å². The highest BCUT2D eigenvalue weighted by molar-refractivity contribution is 7.89. The Labute approximate surface area is 182 Å². The summed E-state index contributed by atoms with van der Waals surface area (Å²) in [5, 5.41) is 6.04. The summed E-state index contributed by atoms with van der Waals surface area (Å²) < 4.78 is 27.9. The molecule has 1 aromatic heterocycles. The number of rotatable bonds is 9. The third-order valence-corrected chi connectivity index (χ3v) is 5.40. The van der Waals surface area contributed by atoms with Gasteiger partial charge in [-0.15, -0.1) is 0 Å². The van der Waals surface area contributed by atoms with E-state index in [1.165, 1.54) is 11.8 Å². The highest BCUT2D eigenvalue weighted by Crippen LogP contribution is 2.14. The number of hydrogen-bond acceptors (Lipinski definition) is 6. The first-order valence-corrected chi connectivity index (χ1v) is 11.8. The van der Waals surface area contributed by atoms with Crippen LogP contribution in [0.2, 0.25) is 0 Å². The Balaban J connectivity index is 1.49. The number of nitrogens with zero attached hydrogens (tertiary/aromatic N) is 1. The van der Waals surface area contributed by atoms with Crippen LogP contribution in [0.5, 0.6) is 5.75 Å². The maximum absolute atomic E-state index is 12.4. The van der Waals surface area contributed by atoms with Gasteiger partial charge >= 0.3 is 0 Å². The van der Waals surface area contributed by atoms with E-state index in [2.05, 4.69) is 15.6 Å². The van der Waals surface area contributed by atoms with Gasteiger partial charge in [0.1, 0.15) is 11.6 Å². The minimum atomic E-state index is -3.11. The summed E-state index contributed by atoms with van der Waals surface area (Å²) in [6.45, 7) is 0.727. The number of ether oxygens (including phenoxy) is 1. The molecule has 0 unspecified atom stereocenters. The smallest absolute Gasteiger partial charge is 0.255 e. The van der Waals surface area contributed by atoms with E-state index in [1.807, 2.05) is 24.3 Å². The quantitative estimate of drug-likeness (QED) is 0.529. The monoisotopic (exact) mass is 439 g/mol. The van der Waals surface area contributed by atoms with Crippen LogP contribution in [0.3, 0.4) is 0 Å². The number of anilines is 2. The van der Waals surface area contributed by atoms with Gasteiger partial charge in [0.05, 0.1) is 24.7 Å². The molecule has 0 atom stereocenters. The first kappa shape index (κ1) is 22.3. The van der Waals surface area contributed by atoms with Gasteiger partial charge in [-0.2, -0.15) is 0 Å². The van der Waals surface area contributed by atoms with Crippen molar-refractivity contribution in [2.45, 2.75) is 12.2 Å². The van der Waals surface area contributed by atoms with Crippen LogP contribution in [0.4, 0.5) is 11.5 Å². The van der Waals surface area contributed by atoms with Gasteiger partial charge in [0.15, 0.2) is 9.84 Å². The largest absolute Gasteiger partial charge is 0.497 e. The van der Waals surface area contributed by atoms with E-state index in [0.29, 0.717) is 16.8 Å². The van der Waals surface area contributed by atoms with Crippen LogP contribution >= 0.6 is 0 Å². The van der Waals surface area contributed by atoms with E-state index < -0.39 is 9.84 Å². The molecule has 2 N–H and O–H groups in total. The van der Waals surface area contributed by atoms with Crippen LogP contribution in [0, 0.1) is 0 Å². The Hall–Kier alpha value is -3.39. The molecule has 0 saturated heterocycles. The van der Waals surface area contributed by atoms with Gasteiger partial charge in [-0.25, -0.2) is 13.4 Å². The van der Waals surface area contributed by atoms with Gasteiger partial charge in [0.25, 0.3) is 5.91 Å². The van der Waals surface area contributed by atoms with Crippen LogP contribution < -0.4 is 15.4 Å². The second-order valence-electron chi connectivity index (χ2n) is 7.18. The number of pyridine rings is 1. The van der Waals surface area contributed by atoms with Gasteiger partial charge in [-0.3, -0.25) is 4.79 Å². The fourth-order valence-corrected chi connectivity index (χ4v) is 3.76. The van der Waals surface area contributed by atoms with Crippen molar-refractivity contribution in [3.63, 3.8) is 0 Å². The highest BCUT2D eigenvalue weighted by Gasteiger charge is 2.09. The normalized spacial score (nSPS) is 11.0. The van der Waals surface area contributed by atoms with E-state index in [1.54, 1.807) is 49.7 Å². The zero-order valence-electron chi connectivity index (χ0n) is 17.5. The predicted molar refractivity (Wildman–Crippen MR) is 122 cm³/mol. The number of carbonyl (C=O) groups excluding carboxylic acids is 1. The van der Waals surface area contributed by atoms with Gasteiger partial charge in [0.2, 0.25) is 0 Å². The Morgan fingerprint density at radius 2 is 1.65 bits per heavy atom. The van der Waals surface area contributed by atoms with E-state index >= 15 is 0 Å². The molecule has 0 aliphatic carbocycles. The molecule has 0 spiro atoms. The van der Waals surface area contributed by atoms with Crippen molar-refractivity contribution >= 4 is 27.2 Å². The maximum Gasteiger partial charge on any atom is 0.255 e. The summed E-state index contributed by atoms with van der Waals surface area (Å²) >= 11 is 0. The van der Waals surface area contributed by atoms with Crippen LogP contribution in [0.1, 0.15) is 21.5 Å².